The highest BCUT2D eigenvalue weighted by molar-refractivity contribution is 7.92. The van der Waals surface area contributed by atoms with Gasteiger partial charge in [-0.1, -0.05) is 96.9 Å². The summed E-state index contributed by atoms with van der Waals surface area (Å²) in [6, 6.07) is 30.6. The number of benzene rings is 4. The molecular formula is C34H36ClN3O4S. The lowest BCUT2D eigenvalue weighted by molar-refractivity contribution is -0.140. The molecule has 0 aliphatic heterocycles. The van der Waals surface area contributed by atoms with Crippen LogP contribution in [0, 0.1) is 6.92 Å². The highest BCUT2D eigenvalue weighted by atomic mass is 35.5. The Kier molecular flexibility index (Phi) is 11.0. The molecule has 43 heavy (non-hydrogen) atoms. The maximum Gasteiger partial charge on any atom is 0.264 e. The Balaban J connectivity index is 1.78. The van der Waals surface area contributed by atoms with Crippen LogP contribution in [-0.2, 0) is 32.6 Å². The zero-order valence-corrected chi connectivity index (χ0v) is 25.9. The van der Waals surface area contributed by atoms with E-state index in [-0.39, 0.29) is 23.8 Å². The number of carbonyl (C=O) groups is 2. The van der Waals surface area contributed by atoms with Crippen LogP contribution in [0.5, 0.6) is 0 Å². The summed E-state index contributed by atoms with van der Waals surface area (Å²) in [5, 5.41) is 3.44. The summed E-state index contributed by atoms with van der Waals surface area (Å²) in [6.07, 6.45) is 0.973. The van der Waals surface area contributed by atoms with Crippen molar-refractivity contribution in [2.75, 3.05) is 17.4 Å². The molecule has 224 valence electrons. The molecule has 0 radical (unpaired) electrons. The number of nitrogens with one attached hydrogen (secondary N) is 1. The molecule has 0 saturated heterocycles. The minimum atomic E-state index is -4.13. The SMILES string of the molecule is CCCNC(=O)C(Cc1ccccc1)N(Cc1cccc(Cl)c1)C(=O)CN(c1ccc(C)cc1)S(=O)(=O)c1ccccc1. The number of hydrogen-bond donors (Lipinski definition) is 1. The van der Waals surface area contributed by atoms with E-state index in [1.807, 2.05) is 50.2 Å². The number of hydrogen-bond acceptors (Lipinski definition) is 4. The van der Waals surface area contributed by atoms with E-state index < -0.39 is 28.5 Å². The largest absolute Gasteiger partial charge is 0.354 e. The quantitative estimate of drug-likeness (QED) is 0.199. The molecule has 0 aliphatic rings. The van der Waals surface area contributed by atoms with Crippen molar-refractivity contribution in [1.82, 2.24) is 10.2 Å². The van der Waals surface area contributed by atoms with E-state index in [0.717, 1.165) is 27.4 Å². The summed E-state index contributed by atoms with van der Waals surface area (Å²) < 4.78 is 29.1. The Hall–Kier alpha value is -4.14. The fourth-order valence-electron chi connectivity index (χ4n) is 4.71. The van der Waals surface area contributed by atoms with E-state index in [0.29, 0.717) is 17.3 Å². The topological polar surface area (TPSA) is 86.8 Å². The minimum absolute atomic E-state index is 0.0591. The van der Waals surface area contributed by atoms with Crippen LogP contribution in [0.1, 0.15) is 30.0 Å². The first-order valence-corrected chi connectivity index (χ1v) is 16.0. The number of halogens is 1. The molecule has 4 aromatic rings. The molecular weight excluding hydrogens is 582 g/mol. The predicted octanol–water partition coefficient (Wildman–Crippen LogP) is 6.01. The lowest BCUT2D eigenvalue weighted by Gasteiger charge is -2.34. The highest BCUT2D eigenvalue weighted by Gasteiger charge is 2.34. The molecule has 1 N–H and O–H groups in total. The van der Waals surface area contributed by atoms with Gasteiger partial charge in [-0.15, -0.1) is 0 Å². The van der Waals surface area contributed by atoms with E-state index in [4.69, 9.17) is 11.6 Å². The molecule has 1 unspecified atom stereocenters. The van der Waals surface area contributed by atoms with E-state index in [1.54, 1.807) is 60.7 Å². The average molecular weight is 618 g/mol. The summed E-state index contributed by atoms with van der Waals surface area (Å²) in [4.78, 5) is 29.6. The van der Waals surface area contributed by atoms with E-state index in [1.165, 1.54) is 17.0 Å². The number of carbonyl (C=O) groups excluding carboxylic acids is 2. The number of aryl methyl sites for hydroxylation is 1. The van der Waals surface area contributed by atoms with Gasteiger partial charge in [-0.05, 0) is 60.9 Å². The predicted molar refractivity (Wildman–Crippen MR) is 171 cm³/mol. The smallest absolute Gasteiger partial charge is 0.264 e. The summed E-state index contributed by atoms with van der Waals surface area (Å²) in [7, 11) is -4.13. The van der Waals surface area contributed by atoms with Crippen molar-refractivity contribution >= 4 is 39.1 Å². The van der Waals surface area contributed by atoms with Gasteiger partial charge in [0.05, 0.1) is 10.6 Å². The third-order valence-corrected chi connectivity index (χ3v) is 9.02. The van der Waals surface area contributed by atoms with Crippen molar-refractivity contribution < 1.29 is 18.0 Å². The molecule has 2 amide bonds. The number of sulfonamides is 1. The molecule has 0 bridgehead atoms. The van der Waals surface area contributed by atoms with Crippen LogP contribution in [0.15, 0.2) is 114 Å². The van der Waals surface area contributed by atoms with Gasteiger partial charge in [-0.2, -0.15) is 0 Å². The number of nitrogens with zero attached hydrogens (tertiary/aromatic N) is 2. The number of anilines is 1. The Morgan fingerprint density at radius 1 is 0.837 bits per heavy atom. The van der Waals surface area contributed by atoms with E-state index >= 15 is 0 Å². The Morgan fingerprint density at radius 3 is 2.09 bits per heavy atom. The molecule has 4 aromatic carbocycles. The summed E-state index contributed by atoms with van der Waals surface area (Å²) in [5.41, 5.74) is 2.89. The third kappa shape index (κ3) is 8.46. The molecule has 0 aromatic heterocycles. The Bertz CT molecular complexity index is 1610. The van der Waals surface area contributed by atoms with Gasteiger partial charge in [0.25, 0.3) is 10.0 Å². The van der Waals surface area contributed by atoms with Crippen LogP contribution in [-0.4, -0.2) is 44.3 Å². The first kappa shape index (κ1) is 31.8. The van der Waals surface area contributed by atoms with Gasteiger partial charge in [-0.3, -0.25) is 13.9 Å². The van der Waals surface area contributed by atoms with Gasteiger partial charge in [-0.25, -0.2) is 8.42 Å². The lowest BCUT2D eigenvalue weighted by Crippen LogP contribution is -2.53. The minimum Gasteiger partial charge on any atom is -0.354 e. The van der Waals surface area contributed by atoms with Gasteiger partial charge < -0.3 is 10.2 Å². The number of rotatable bonds is 13. The van der Waals surface area contributed by atoms with Crippen LogP contribution in [0.4, 0.5) is 5.69 Å². The van der Waals surface area contributed by atoms with Crippen LogP contribution < -0.4 is 9.62 Å². The zero-order chi connectivity index (χ0) is 30.8. The maximum atomic E-state index is 14.4. The van der Waals surface area contributed by atoms with Gasteiger partial charge in [0.2, 0.25) is 11.8 Å². The Labute approximate surface area is 259 Å². The second-order valence-electron chi connectivity index (χ2n) is 10.3. The first-order valence-electron chi connectivity index (χ1n) is 14.2. The van der Waals surface area contributed by atoms with Crippen molar-refractivity contribution in [1.29, 1.82) is 0 Å². The second kappa shape index (κ2) is 14.8. The molecule has 7 nitrogen and oxygen atoms in total. The third-order valence-electron chi connectivity index (χ3n) is 6.99. The fourth-order valence-corrected chi connectivity index (χ4v) is 6.36. The molecule has 0 heterocycles. The van der Waals surface area contributed by atoms with Crippen molar-refractivity contribution in [3.05, 3.63) is 131 Å². The van der Waals surface area contributed by atoms with Crippen LogP contribution in [0.25, 0.3) is 0 Å². The standard InChI is InChI=1S/C34H36ClN3O4S/c1-3-21-36-34(40)32(23-27-11-6-4-7-12-27)37(24-28-13-10-14-29(35)22-28)33(39)25-38(30-19-17-26(2)18-20-30)43(41,42)31-15-8-5-9-16-31/h4-20,22,32H,3,21,23-25H2,1-2H3,(H,36,40). The lowest BCUT2D eigenvalue weighted by atomic mass is 10.0. The van der Waals surface area contributed by atoms with E-state index in [2.05, 4.69) is 5.32 Å². The summed E-state index contributed by atoms with van der Waals surface area (Å²) >= 11 is 6.28. The Morgan fingerprint density at radius 2 is 1.47 bits per heavy atom. The van der Waals surface area contributed by atoms with Crippen LogP contribution >= 0.6 is 11.6 Å². The normalized spacial score (nSPS) is 11.9. The number of amides is 2. The van der Waals surface area contributed by atoms with Gasteiger partial charge in [0, 0.05) is 24.5 Å². The average Bonchev–Trinajstić information content (AvgIpc) is 3.01. The molecule has 0 saturated carbocycles. The van der Waals surface area contributed by atoms with Crippen LogP contribution in [0.3, 0.4) is 0 Å². The van der Waals surface area contributed by atoms with Crippen molar-refractivity contribution in [3.63, 3.8) is 0 Å². The van der Waals surface area contributed by atoms with Crippen molar-refractivity contribution in [2.24, 2.45) is 0 Å². The summed E-state index contributed by atoms with van der Waals surface area (Å²) in [6.45, 7) is 3.86. The summed E-state index contributed by atoms with van der Waals surface area (Å²) in [5.74, 6) is -0.832. The molecule has 0 spiro atoms. The monoisotopic (exact) mass is 617 g/mol. The molecule has 4 rings (SSSR count). The van der Waals surface area contributed by atoms with Crippen LogP contribution in [0.2, 0.25) is 5.02 Å². The molecule has 9 heteroatoms. The molecule has 0 aliphatic carbocycles. The fraction of sp³-hybridized carbons (Fsp3) is 0.235. The zero-order valence-electron chi connectivity index (χ0n) is 24.3. The van der Waals surface area contributed by atoms with Crippen molar-refractivity contribution in [3.8, 4) is 0 Å². The maximum absolute atomic E-state index is 14.4. The second-order valence-corrected chi connectivity index (χ2v) is 12.6. The van der Waals surface area contributed by atoms with Crippen molar-refractivity contribution in [2.45, 2.75) is 44.2 Å². The molecule has 1 atom stereocenters. The first-order chi connectivity index (χ1) is 20.7. The molecule has 0 fully saturated rings. The van der Waals surface area contributed by atoms with Gasteiger partial charge >= 0.3 is 0 Å². The van der Waals surface area contributed by atoms with Gasteiger partial charge in [0.15, 0.2) is 0 Å². The van der Waals surface area contributed by atoms with E-state index in [9.17, 15) is 18.0 Å². The highest BCUT2D eigenvalue weighted by Crippen LogP contribution is 2.25. The van der Waals surface area contributed by atoms with Gasteiger partial charge in [0.1, 0.15) is 12.6 Å².